The highest BCUT2D eigenvalue weighted by Gasteiger charge is 2.56. The van der Waals surface area contributed by atoms with Crippen molar-refractivity contribution < 1.29 is 36.6 Å². The lowest BCUT2D eigenvalue weighted by molar-refractivity contribution is -0.206. The van der Waals surface area contributed by atoms with Gasteiger partial charge in [-0.1, -0.05) is 12.1 Å². The summed E-state index contributed by atoms with van der Waals surface area (Å²) in [6.07, 6.45) is -4.36. The van der Waals surface area contributed by atoms with Gasteiger partial charge in [0.15, 0.2) is 17.9 Å². The molecule has 0 radical (unpaired) electrons. The van der Waals surface area contributed by atoms with Gasteiger partial charge in [0, 0.05) is 24.7 Å². The number of carbonyl (C=O) groups is 1. The van der Waals surface area contributed by atoms with Gasteiger partial charge in [-0.05, 0) is 67.6 Å². The first-order valence-electron chi connectivity index (χ1n) is 11.5. The van der Waals surface area contributed by atoms with E-state index < -0.39 is 41.2 Å². The Morgan fingerprint density at radius 3 is 2.63 bits per heavy atom. The fraction of sp³-hybridized carbons (Fsp3) is 0.480. The molecule has 3 aliphatic rings. The highest BCUT2D eigenvalue weighted by atomic mass is 19.4. The summed E-state index contributed by atoms with van der Waals surface area (Å²) in [6.45, 7) is 1.96. The Morgan fingerprint density at radius 1 is 1.23 bits per heavy atom. The summed E-state index contributed by atoms with van der Waals surface area (Å²) in [5, 5.41) is 13.6. The molecule has 5 nitrogen and oxygen atoms in total. The average molecular weight is 496 g/mol. The summed E-state index contributed by atoms with van der Waals surface area (Å²) in [6, 6.07) is 5.65. The fourth-order valence-electron chi connectivity index (χ4n) is 5.39. The molecule has 2 aliphatic heterocycles. The Bertz CT molecular complexity index is 1170. The lowest BCUT2D eigenvalue weighted by atomic mass is 9.75. The van der Waals surface area contributed by atoms with Gasteiger partial charge in [0.05, 0.1) is 11.5 Å². The number of hydrogen-bond donors (Lipinski definition) is 2. The summed E-state index contributed by atoms with van der Waals surface area (Å²) in [5.74, 6) is -3.48. The van der Waals surface area contributed by atoms with Crippen LogP contribution in [-0.4, -0.2) is 35.0 Å². The SMILES string of the molecule is Cc1c(CN(C(=O)C2CNCCC23OC(O)c2cc(F)c(F)cc23)C2CC2)cccc1C(F)(F)F. The van der Waals surface area contributed by atoms with Crippen LogP contribution in [0.5, 0.6) is 0 Å². The molecule has 0 aromatic heterocycles. The van der Waals surface area contributed by atoms with Crippen molar-refractivity contribution >= 4 is 5.91 Å². The van der Waals surface area contributed by atoms with Crippen molar-refractivity contribution in [3.63, 3.8) is 0 Å². The van der Waals surface area contributed by atoms with Crippen molar-refractivity contribution in [2.45, 2.75) is 56.8 Å². The van der Waals surface area contributed by atoms with Crippen LogP contribution >= 0.6 is 0 Å². The molecular formula is C25H25F5N2O3. The van der Waals surface area contributed by atoms with E-state index in [1.165, 1.54) is 13.0 Å². The quantitative estimate of drug-likeness (QED) is 0.620. The first kappa shape index (κ1) is 24.1. The number of aliphatic hydroxyl groups excluding tert-OH is 1. The van der Waals surface area contributed by atoms with E-state index in [-0.39, 0.29) is 48.1 Å². The van der Waals surface area contributed by atoms with Crippen LogP contribution in [0, 0.1) is 24.5 Å². The molecule has 0 bridgehead atoms. The van der Waals surface area contributed by atoms with Crippen LogP contribution in [0.2, 0.25) is 0 Å². The normalized spacial score (nSPS) is 26.1. The predicted molar refractivity (Wildman–Crippen MR) is 115 cm³/mol. The van der Waals surface area contributed by atoms with Gasteiger partial charge in [0.2, 0.25) is 5.91 Å². The van der Waals surface area contributed by atoms with Crippen LogP contribution in [-0.2, 0) is 27.9 Å². The average Bonchev–Trinajstić information content (AvgIpc) is 3.60. The number of nitrogens with one attached hydrogen (secondary N) is 1. The predicted octanol–water partition coefficient (Wildman–Crippen LogP) is 4.31. The van der Waals surface area contributed by atoms with E-state index in [1.54, 1.807) is 11.0 Å². The first-order valence-corrected chi connectivity index (χ1v) is 11.5. The molecule has 2 heterocycles. The highest BCUT2D eigenvalue weighted by Crippen LogP contribution is 2.51. The molecule has 2 N–H and O–H groups in total. The third kappa shape index (κ3) is 4.11. The summed E-state index contributed by atoms with van der Waals surface area (Å²) in [7, 11) is 0. The van der Waals surface area contributed by atoms with E-state index in [4.69, 9.17) is 4.74 Å². The topological polar surface area (TPSA) is 61.8 Å². The summed E-state index contributed by atoms with van der Waals surface area (Å²) >= 11 is 0. The van der Waals surface area contributed by atoms with Gasteiger partial charge in [0.1, 0.15) is 5.60 Å². The second-order valence-corrected chi connectivity index (χ2v) is 9.50. The second-order valence-electron chi connectivity index (χ2n) is 9.50. The third-order valence-electron chi connectivity index (χ3n) is 7.38. The van der Waals surface area contributed by atoms with Crippen LogP contribution in [0.25, 0.3) is 0 Å². The molecule has 1 saturated heterocycles. The summed E-state index contributed by atoms with van der Waals surface area (Å²) < 4.78 is 74.3. The number of piperidine rings is 1. The molecule has 1 amide bonds. The Labute approximate surface area is 198 Å². The highest BCUT2D eigenvalue weighted by molar-refractivity contribution is 5.82. The van der Waals surface area contributed by atoms with Gasteiger partial charge in [0.25, 0.3) is 0 Å². The standard InChI is InChI=1S/C25H25F5N2O3/c1-13-14(3-2-4-17(13)25(28,29)30)12-32(15-5-6-15)22(33)19-11-31-8-7-24(19)18-10-21(27)20(26)9-16(18)23(34)35-24/h2-4,9-10,15,19,23,31,34H,5-8,11-12H2,1H3. The maximum atomic E-state index is 14.2. The smallest absolute Gasteiger partial charge is 0.364 e. The Balaban J connectivity index is 1.51. The number of halogens is 5. The molecule has 188 valence electrons. The number of ether oxygens (including phenoxy) is 1. The van der Waals surface area contributed by atoms with Crippen molar-refractivity contribution in [3.05, 3.63) is 69.8 Å². The zero-order chi connectivity index (χ0) is 25.1. The van der Waals surface area contributed by atoms with Crippen LogP contribution in [0.15, 0.2) is 30.3 Å². The molecule has 35 heavy (non-hydrogen) atoms. The maximum Gasteiger partial charge on any atom is 0.416 e. The minimum absolute atomic E-state index is 0.0149. The maximum absolute atomic E-state index is 14.2. The van der Waals surface area contributed by atoms with Gasteiger partial charge in [-0.15, -0.1) is 0 Å². The van der Waals surface area contributed by atoms with Crippen molar-refractivity contribution in [1.82, 2.24) is 10.2 Å². The zero-order valence-electron chi connectivity index (χ0n) is 19.0. The molecule has 10 heteroatoms. The summed E-state index contributed by atoms with van der Waals surface area (Å²) in [4.78, 5) is 15.5. The number of hydrogen-bond acceptors (Lipinski definition) is 4. The van der Waals surface area contributed by atoms with Crippen LogP contribution in [0.3, 0.4) is 0 Å². The second kappa shape index (κ2) is 8.53. The lowest BCUT2D eigenvalue weighted by Gasteiger charge is -2.43. The molecule has 1 aliphatic carbocycles. The molecule has 3 unspecified atom stereocenters. The first-order chi connectivity index (χ1) is 16.5. The van der Waals surface area contributed by atoms with Crippen molar-refractivity contribution in [3.8, 4) is 0 Å². The molecular weight excluding hydrogens is 471 g/mol. The Morgan fingerprint density at radius 2 is 1.94 bits per heavy atom. The molecule has 5 rings (SSSR count). The van der Waals surface area contributed by atoms with Gasteiger partial charge in [-0.25, -0.2) is 8.78 Å². The van der Waals surface area contributed by atoms with Crippen LogP contribution in [0.1, 0.15) is 53.4 Å². The minimum Gasteiger partial charge on any atom is -0.364 e. The van der Waals surface area contributed by atoms with Gasteiger partial charge >= 0.3 is 6.18 Å². The number of aliphatic hydroxyl groups is 1. The molecule has 3 atom stereocenters. The van der Waals surface area contributed by atoms with E-state index in [0.29, 0.717) is 12.1 Å². The number of rotatable bonds is 4. The van der Waals surface area contributed by atoms with Gasteiger partial charge < -0.3 is 20.1 Å². The van der Waals surface area contributed by atoms with Gasteiger partial charge in [-0.3, -0.25) is 4.79 Å². The number of alkyl halides is 3. The molecule has 2 fully saturated rings. The molecule has 1 spiro atoms. The van der Waals surface area contributed by atoms with E-state index >= 15 is 0 Å². The van der Waals surface area contributed by atoms with E-state index in [9.17, 15) is 31.9 Å². The van der Waals surface area contributed by atoms with E-state index in [0.717, 1.165) is 31.0 Å². The lowest BCUT2D eigenvalue weighted by Crippen LogP contribution is -2.55. The molecule has 1 saturated carbocycles. The van der Waals surface area contributed by atoms with Crippen LogP contribution in [0.4, 0.5) is 22.0 Å². The Kier molecular flexibility index (Phi) is 5.89. The number of benzene rings is 2. The fourth-order valence-corrected chi connectivity index (χ4v) is 5.39. The number of nitrogens with zero attached hydrogens (tertiary/aromatic N) is 1. The van der Waals surface area contributed by atoms with Crippen molar-refractivity contribution in [1.29, 1.82) is 0 Å². The Hall–Kier alpha value is -2.56. The number of fused-ring (bicyclic) bond motifs is 2. The molecule has 2 aromatic carbocycles. The van der Waals surface area contributed by atoms with Crippen molar-refractivity contribution in [2.75, 3.05) is 13.1 Å². The zero-order valence-corrected chi connectivity index (χ0v) is 19.0. The number of amides is 1. The van der Waals surface area contributed by atoms with Gasteiger partial charge in [-0.2, -0.15) is 13.2 Å². The summed E-state index contributed by atoms with van der Waals surface area (Å²) in [5.41, 5.74) is -1.36. The van der Waals surface area contributed by atoms with E-state index in [2.05, 4.69) is 5.32 Å². The monoisotopic (exact) mass is 496 g/mol. The van der Waals surface area contributed by atoms with Crippen molar-refractivity contribution in [2.24, 2.45) is 5.92 Å². The minimum atomic E-state index is -4.51. The largest absolute Gasteiger partial charge is 0.416 e. The van der Waals surface area contributed by atoms with E-state index in [1.807, 2.05) is 0 Å². The van der Waals surface area contributed by atoms with Crippen LogP contribution < -0.4 is 5.32 Å². The number of carbonyl (C=O) groups excluding carboxylic acids is 1. The molecule has 2 aromatic rings. The third-order valence-corrected chi connectivity index (χ3v) is 7.38.